The summed E-state index contributed by atoms with van der Waals surface area (Å²) in [5.74, 6) is 1.23. The standard InChI is InChI=1S/C31H24ClIN2O4/c1-37-29-17-23(16-28(33)30(29)39-20-21-5-3-2-4-6-21)15-24(18-34)31(36)35-26-11-13-27(14-12-26)38-19-22-7-9-25(32)10-8-22/h2-17H,19-20H2,1H3,(H,35,36)/b24-15+. The van der Waals surface area contributed by atoms with Gasteiger partial charge in [-0.2, -0.15) is 5.26 Å². The van der Waals surface area contributed by atoms with Crippen molar-refractivity contribution >= 4 is 51.9 Å². The van der Waals surface area contributed by atoms with Crippen molar-refractivity contribution in [3.8, 4) is 23.3 Å². The molecule has 0 saturated carbocycles. The molecule has 1 amide bonds. The molecular formula is C31H24ClIN2O4. The van der Waals surface area contributed by atoms with Crippen LogP contribution in [0.1, 0.15) is 16.7 Å². The first-order chi connectivity index (χ1) is 18.9. The van der Waals surface area contributed by atoms with E-state index in [0.717, 1.165) is 14.7 Å². The fourth-order valence-corrected chi connectivity index (χ4v) is 4.50. The Morgan fingerprint density at radius 3 is 2.28 bits per heavy atom. The molecule has 8 heteroatoms. The van der Waals surface area contributed by atoms with Gasteiger partial charge in [0.2, 0.25) is 0 Å². The SMILES string of the molecule is COc1cc(/C=C(\C#N)C(=O)Nc2ccc(OCc3ccc(Cl)cc3)cc2)cc(I)c1OCc1ccccc1. The molecule has 39 heavy (non-hydrogen) atoms. The number of methoxy groups -OCH3 is 1. The quantitative estimate of drug-likeness (QED) is 0.108. The zero-order valence-corrected chi connectivity index (χ0v) is 23.9. The molecule has 0 unspecified atom stereocenters. The number of amides is 1. The summed E-state index contributed by atoms with van der Waals surface area (Å²) in [4.78, 5) is 12.8. The first-order valence-electron chi connectivity index (χ1n) is 11.9. The zero-order chi connectivity index (χ0) is 27.6. The van der Waals surface area contributed by atoms with Crippen molar-refractivity contribution in [3.63, 3.8) is 0 Å². The van der Waals surface area contributed by atoms with Crippen LogP contribution in [-0.4, -0.2) is 13.0 Å². The molecule has 6 nitrogen and oxygen atoms in total. The minimum Gasteiger partial charge on any atom is -0.493 e. The van der Waals surface area contributed by atoms with Crippen molar-refractivity contribution in [2.24, 2.45) is 0 Å². The van der Waals surface area contributed by atoms with E-state index in [4.69, 9.17) is 25.8 Å². The number of ether oxygens (including phenoxy) is 3. The Kier molecular flexibility index (Phi) is 9.84. The number of hydrogen-bond donors (Lipinski definition) is 1. The van der Waals surface area contributed by atoms with Crippen LogP contribution in [0.25, 0.3) is 6.08 Å². The van der Waals surface area contributed by atoms with E-state index >= 15 is 0 Å². The van der Waals surface area contributed by atoms with Crippen LogP contribution in [0.2, 0.25) is 5.02 Å². The maximum atomic E-state index is 12.8. The number of benzene rings is 4. The van der Waals surface area contributed by atoms with E-state index in [9.17, 15) is 10.1 Å². The number of hydrogen-bond acceptors (Lipinski definition) is 5. The van der Waals surface area contributed by atoms with E-state index in [1.165, 1.54) is 6.08 Å². The van der Waals surface area contributed by atoms with Gasteiger partial charge in [0.15, 0.2) is 11.5 Å². The normalized spacial score (nSPS) is 10.9. The number of carbonyl (C=O) groups excluding carboxylic acids is 1. The molecule has 0 saturated heterocycles. The molecule has 4 aromatic rings. The number of anilines is 1. The number of nitrogens with zero attached hydrogens (tertiary/aromatic N) is 1. The van der Waals surface area contributed by atoms with Gasteiger partial charge in [-0.15, -0.1) is 0 Å². The molecule has 0 spiro atoms. The van der Waals surface area contributed by atoms with Crippen LogP contribution < -0.4 is 19.5 Å². The fraction of sp³-hybridized carbons (Fsp3) is 0.0968. The van der Waals surface area contributed by atoms with Gasteiger partial charge in [-0.3, -0.25) is 4.79 Å². The Morgan fingerprint density at radius 2 is 1.62 bits per heavy atom. The van der Waals surface area contributed by atoms with Gasteiger partial charge < -0.3 is 19.5 Å². The lowest BCUT2D eigenvalue weighted by Gasteiger charge is -2.14. The van der Waals surface area contributed by atoms with Gasteiger partial charge in [0, 0.05) is 10.7 Å². The largest absolute Gasteiger partial charge is 0.493 e. The second-order valence-corrected chi connectivity index (χ2v) is 9.97. The highest BCUT2D eigenvalue weighted by molar-refractivity contribution is 14.1. The van der Waals surface area contributed by atoms with Crippen LogP contribution in [0, 0.1) is 14.9 Å². The van der Waals surface area contributed by atoms with Gasteiger partial charge in [0.05, 0.1) is 10.7 Å². The Balaban J connectivity index is 1.41. The van der Waals surface area contributed by atoms with Gasteiger partial charge in [-0.1, -0.05) is 54.1 Å². The molecule has 0 heterocycles. The fourth-order valence-electron chi connectivity index (χ4n) is 3.59. The summed E-state index contributed by atoms with van der Waals surface area (Å²) in [6.07, 6.45) is 1.52. The number of carbonyl (C=O) groups is 1. The lowest BCUT2D eigenvalue weighted by molar-refractivity contribution is -0.112. The summed E-state index contributed by atoms with van der Waals surface area (Å²) in [5, 5.41) is 13.1. The summed E-state index contributed by atoms with van der Waals surface area (Å²) in [6.45, 7) is 0.780. The molecule has 4 aromatic carbocycles. The van der Waals surface area contributed by atoms with Crippen molar-refractivity contribution < 1.29 is 19.0 Å². The van der Waals surface area contributed by atoms with Crippen LogP contribution in [0.15, 0.2) is 96.6 Å². The lowest BCUT2D eigenvalue weighted by Crippen LogP contribution is -2.13. The molecule has 0 aliphatic rings. The molecule has 196 valence electrons. The summed E-state index contributed by atoms with van der Waals surface area (Å²) < 4.78 is 18.1. The predicted octanol–water partition coefficient (Wildman–Crippen LogP) is 7.66. The van der Waals surface area contributed by atoms with Gasteiger partial charge in [-0.05, 0) is 93.9 Å². The molecule has 0 atom stereocenters. The Hall–Kier alpha value is -4.00. The Labute approximate surface area is 245 Å². The van der Waals surface area contributed by atoms with Crippen molar-refractivity contribution in [3.05, 3.63) is 122 Å². The number of nitrogens with one attached hydrogen (secondary N) is 1. The van der Waals surface area contributed by atoms with E-state index in [-0.39, 0.29) is 5.57 Å². The van der Waals surface area contributed by atoms with E-state index in [1.54, 1.807) is 37.4 Å². The minimum atomic E-state index is -0.522. The van der Waals surface area contributed by atoms with Crippen molar-refractivity contribution in [2.45, 2.75) is 13.2 Å². The summed E-state index contributed by atoms with van der Waals surface area (Å²) in [6, 6.07) is 29.7. The van der Waals surface area contributed by atoms with Crippen LogP contribution in [0.5, 0.6) is 17.2 Å². The lowest BCUT2D eigenvalue weighted by atomic mass is 10.1. The third-order valence-electron chi connectivity index (χ3n) is 5.58. The smallest absolute Gasteiger partial charge is 0.266 e. The monoisotopic (exact) mass is 650 g/mol. The summed E-state index contributed by atoms with van der Waals surface area (Å²) in [7, 11) is 1.55. The van der Waals surface area contributed by atoms with Gasteiger partial charge in [0.1, 0.15) is 30.6 Å². The third-order valence-corrected chi connectivity index (χ3v) is 6.64. The summed E-state index contributed by atoms with van der Waals surface area (Å²) in [5.41, 5.74) is 3.15. The van der Waals surface area contributed by atoms with Gasteiger partial charge >= 0.3 is 0 Å². The van der Waals surface area contributed by atoms with Crippen molar-refractivity contribution in [1.82, 2.24) is 0 Å². The van der Waals surface area contributed by atoms with Crippen LogP contribution in [-0.2, 0) is 18.0 Å². The van der Waals surface area contributed by atoms with Gasteiger partial charge in [0.25, 0.3) is 5.91 Å². The topological polar surface area (TPSA) is 80.6 Å². The van der Waals surface area contributed by atoms with Crippen LogP contribution >= 0.6 is 34.2 Å². The number of nitriles is 1. The molecule has 1 N–H and O–H groups in total. The van der Waals surface area contributed by atoms with Crippen molar-refractivity contribution in [1.29, 1.82) is 5.26 Å². The Bertz CT molecular complexity index is 1500. The van der Waals surface area contributed by atoms with E-state index in [2.05, 4.69) is 27.9 Å². The first kappa shape index (κ1) is 28.0. The number of halogens is 2. The maximum absolute atomic E-state index is 12.8. The molecule has 0 aliphatic heterocycles. The molecule has 0 radical (unpaired) electrons. The van der Waals surface area contributed by atoms with Gasteiger partial charge in [-0.25, -0.2) is 0 Å². The average molecular weight is 651 g/mol. The average Bonchev–Trinajstić information content (AvgIpc) is 2.96. The van der Waals surface area contributed by atoms with E-state index in [1.807, 2.05) is 66.7 Å². The maximum Gasteiger partial charge on any atom is 0.266 e. The summed E-state index contributed by atoms with van der Waals surface area (Å²) >= 11 is 8.06. The van der Waals surface area contributed by atoms with Crippen LogP contribution in [0.3, 0.4) is 0 Å². The second kappa shape index (κ2) is 13.7. The highest BCUT2D eigenvalue weighted by atomic mass is 127. The highest BCUT2D eigenvalue weighted by Gasteiger charge is 2.14. The Morgan fingerprint density at radius 1 is 0.949 bits per heavy atom. The molecule has 0 bridgehead atoms. The molecule has 0 aromatic heterocycles. The third kappa shape index (κ3) is 7.99. The number of rotatable bonds is 10. The van der Waals surface area contributed by atoms with Crippen molar-refractivity contribution in [2.75, 3.05) is 12.4 Å². The predicted molar refractivity (Wildman–Crippen MR) is 161 cm³/mol. The molecular weight excluding hydrogens is 627 g/mol. The highest BCUT2D eigenvalue weighted by Crippen LogP contribution is 2.35. The first-order valence-corrected chi connectivity index (χ1v) is 13.4. The van der Waals surface area contributed by atoms with E-state index in [0.29, 0.717) is 46.7 Å². The second-order valence-electron chi connectivity index (χ2n) is 8.37. The molecule has 0 fully saturated rings. The molecule has 0 aliphatic carbocycles. The minimum absolute atomic E-state index is 0.0473. The molecule has 4 rings (SSSR count). The zero-order valence-electron chi connectivity index (χ0n) is 21.0. The van der Waals surface area contributed by atoms with Crippen LogP contribution in [0.4, 0.5) is 5.69 Å². The van der Waals surface area contributed by atoms with E-state index < -0.39 is 5.91 Å².